The van der Waals surface area contributed by atoms with E-state index < -0.39 is 42.5 Å². The van der Waals surface area contributed by atoms with E-state index >= 15 is 0 Å². The van der Waals surface area contributed by atoms with Gasteiger partial charge in [-0.2, -0.15) is 0 Å². The summed E-state index contributed by atoms with van der Waals surface area (Å²) in [4.78, 5) is 39.0. The number of aliphatic hydroxyl groups is 2. The van der Waals surface area contributed by atoms with Crippen LogP contribution in [0.2, 0.25) is 0 Å². The number of ether oxygens (including phenoxy) is 1. The molecule has 2 aliphatic rings. The molecule has 0 spiro atoms. The topological polar surface area (TPSA) is 137 Å². The van der Waals surface area contributed by atoms with E-state index in [1.807, 2.05) is 13.8 Å². The van der Waals surface area contributed by atoms with Crippen molar-refractivity contribution in [2.45, 2.75) is 44.9 Å². The van der Waals surface area contributed by atoms with E-state index in [-0.39, 0.29) is 18.9 Å². The Kier molecular flexibility index (Phi) is 8.61. The van der Waals surface area contributed by atoms with Crippen molar-refractivity contribution in [3.8, 4) is 11.5 Å². The molecule has 182 valence electrons. The number of aliphatic hydroxyl groups excluding tert-OH is 2. The summed E-state index contributed by atoms with van der Waals surface area (Å²) in [5.41, 5.74) is 1.13. The van der Waals surface area contributed by atoms with Crippen molar-refractivity contribution in [2.75, 3.05) is 13.2 Å². The summed E-state index contributed by atoms with van der Waals surface area (Å²) in [6.45, 7) is 3.22. The van der Waals surface area contributed by atoms with Gasteiger partial charge in [0, 0.05) is 18.5 Å². The molecule has 9 heteroatoms. The summed E-state index contributed by atoms with van der Waals surface area (Å²) in [5.74, 6) is -0.268. The van der Waals surface area contributed by atoms with Crippen molar-refractivity contribution < 1.29 is 29.3 Å². The first kappa shape index (κ1) is 25.2. The molecule has 0 radical (unpaired) electrons. The van der Waals surface area contributed by atoms with Crippen LogP contribution in [-0.4, -0.2) is 59.3 Å². The fourth-order valence-corrected chi connectivity index (χ4v) is 3.60. The molecule has 3 amide bonds. The number of rotatable bonds is 6. The zero-order chi connectivity index (χ0) is 24.7. The van der Waals surface area contributed by atoms with Crippen molar-refractivity contribution in [2.24, 2.45) is 5.92 Å². The van der Waals surface area contributed by atoms with Crippen LogP contribution in [0.4, 0.5) is 0 Å². The molecule has 2 aliphatic heterocycles. The number of carbonyl (C=O) groups is 3. The lowest BCUT2D eigenvalue weighted by molar-refractivity contribution is -0.130. The third-order valence-electron chi connectivity index (χ3n) is 5.38. The van der Waals surface area contributed by atoms with Gasteiger partial charge < -0.3 is 30.9 Å². The normalized spacial score (nSPS) is 19.3. The molecule has 34 heavy (non-hydrogen) atoms. The summed E-state index contributed by atoms with van der Waals surface area (Å²) >= 11 is 0. The highest BCUT2D eigenvalue weighted by Gasteiger charge is 2.28. The number of hydrogen-bond donors (Lipinski definition) is 5. The second-order valence-corrected chi connectivity index (χ2v) is 8.78. The Morgan fingerprint density at radius 1 is 1.12 bits per heavy atom. The number of fused-ring (bicyclic) bond motifs is 8. The van der Waals surface area contributed by atoms with Crippen LogP contribution in [0.25, 0.3) is 0 Å². The van der Waals surface area contributed by atoms with Crippen molar-refractivity contribution in [3.05, 3.63) is 59.7 Å². The van der Waals surface area contributed by atoms with Gasteiger partial charge in [0.1, 0.15) is 23.6 Å². The fraction of sp³-hybridized carbons (Fsp3) is 0.400. The SMILES string of the molecule is CC(C)C[C@@H]1NC(=O)c2cccc(c2)Oc2ccc(cc2)C[C@H](C(=O)NC[C@H](O)CO)NC1=O. The Balaban J connectivity index is 1.93. The van der Waals surface area contributed by atoms with Gasteiger partial charge in [0.25, 0.3) is 5.91 Å². The highest BCUT2D eigenvalue weighted by molar-refractivity contribution is 5.98. The molecule has 3 atom stereocenters. The van der Waals surface area contributed by atoms with Gasteiger partial charge in [-0.05, 0) is 48.2 Å². The Morgan fingerprint density at radius 2 is 1.85 bits per heavy atom. The van der Waals surface area contributed by atoms with E-state index in [9.17, 15) is 19.5 Å². The highest BCUT2D eigenvalue weighted by atomic mass is 16.5. The maximum Gasteiger partial charge on any atom is 0.252 e. The van der Waals surface area contributed by atoms with E-state index in [1.165, 1.54) is 0 Å². The summed E-state index contributed by atoms with van der Waals surface area (Å²) in [5, 5.41) is 26.7. The molecular weight excluding hydrogens is 438 g/mol. The predicted molar refractivity (Wildman–Crippen MR) is 125 cm³/mol. The summed E-state index contributed by atoms with van der Waals surface area (Å²) < 4.78 is 5.87. The minimum Gasteiger partial charge on any atom is -0.457 e. The molecule has 4 rings (SSSR count). The first-order valence-electron chi connectivity index (χ1n) is 11.3. The number of hydrogen-bond acceptors (Lipinski definition) is 6. The second kappa shape index (κ2) is 11.6. The minimum atomic E-state index is -1.11. The van der Waals surface area contributed by atoms with Gasteiger partial charge in [0.15, 0.2) is 0 Å². The third kappa shape index (κ3) is 7.03. The van der Waals surface area contributed by atoms with E-state index in [0.29, 0.717) is 23.5 Å². The molecule has 2 heterocycles. The first-order chi connectivity index (χ1) is 16.2. The first-order valence-corrected chi connectivity index (χ1v) is 11.3. The molecule has 2 aromatic carbocycles. The summed E-state index contributed by atoms with van der Waals surface area (Å²) in [6, 6.07) is 12.0. The molecule has 9 nitrogen and oxygen atoms in total. The molecule has 5 N–H and O–H groups in total. The van der Waals surface area contributed by atoms with Crippen molar-refractivity contribution in [1.82, 2.24) is 16.0 Å². The second-order valence-electron chi connectivity index (χ2n) is 8.78. The largest absolute Gasteiger partial charge is 0.457 e. The predicted octanol–water partition coefficient (Wildman–Crippen LogP) is 1.13. The van der Waals surface area contributed by atoms with Gasteiger partial charge in [-0.25, -0.2) is 0 Å². The van der Waals surface area contributed by atoms with Gasteiger partial charge in [-0.3, -0.25) is 14.4 Å². The molecule has 4 bridgehead atoms. The number of amides is 3. The van der Waals surface area contributed by atoms with Gasteiger partial charge in [-0.1, -0.05) is 32.0 Å². The smallest absolute Gasteiger partial charge is 0.252 e. The van der Waals surface area contributed by atoms with E-state index in [0.717, 1.165) is 5.56 Å². The van der Waals surface area contributed by atoms with Crippen LogP contribution in [0.15, 0.2) is 48.5 Å². The average molecular weight is 470 g/mol. The zero-order valence-corrected chi connectivity index (χ0v) is 19.3. The van der Waals surface area contributed by atoms with Crippen molar-refractivity contribution in [1.29, 1.82) is 0 Å². The Hall–Kier alpha value is -3.43. The van der Waals surface area contributed by atoms with Crippen LogP contribution in [0.5, 0.6) is 11.5 Å². The molecule has 0 saturated carbocycles. The highest BCUT2D eigenvalue weighted by Crippen LogP contribution is 2.23. The van der Waals surface area contributed by atoms with Gasteiger partial charge in [0.2, 0.25) is 11.8 Å². The van der Waals surface area contributed by atoms with Crippen LogP contribution < -0.4 is 20.7 Å². The van der Waals surface area contributed by atoms with Crippen LogP contribution in [0.1, 0.15) is 36.2 Å². The lowest BCUT2D eigenvalue weighted by atomic mass is 10.0. The monoisotopic (exact) mass is 469 g/mol. The Labute approximate surface area is 198 Å². The fourth-order valence-electron chi connectivity index (χ4n) is 3.60. The van der Waals surface area contributed by atoms with Gasteiger partial charge >= 0.3 is 0 Å². The lowest BCUT2D eigenvalue weighted by Crippen LogP contribution is -2.55. The molecule has 0 saturated heterocycles. The quantitative estimate of drug-likeness (QED) is 0.430. The Bertz CT molecular complexity index is 1010. The van der Waals surface area contributed by atoms with E-state index in [1.54, 1.807) is 48.5 Å². The van der Waals surface area contributed by atoms with Crippen molar-refractivity contribution >= 4 is 17.7 Å². The maximum absolute atomic E-state index is 13.2. The van der Waals surface area contributed by atoms with E-state index in [2.05, 4.69) is 16.0 Å². The molecule has 0 aliphatic carbocycles. The molecule has 2 aromatic rings. The molecule has 0 fully saturated rings. The standard InChI is InChI=1S/C25H31N3O6/c1-15(2)10-21-25(33)28-22(24(32)26-13-18(30)14-29)11-16-6-8-19(9-7-16)34-20-5-3-4-17(12-20)23(31)27-21/h3-9,12,15,18,21-22,29-30H,10-11,13-14H2,1-2H3,(H,26,32)(H,27,31)(H,28,33)/t18-,21-,22+/m0/s1. The zero-order valence-electron chi connectivity index (χ0n) is 19.3. The van der Waals surface area contributed by atoms with Crippen LogP contribution in [0, 0.1) is 5.92 Å². The van der Waals surface area contributed by atoms with E-state index in [4.69, 9.17) is 9.84 Å². The average Bonchev–Trinajstić information content (AvgIpc) is 2.82. The van der Waals surface area contributed by atoms with Gasteiger partial charge in [-0.15, -0.1) is 0 Å². The maximum atomic E-state index is 13.2. The number of carbonyl (C=O) groups excluding carboxylic acids is 3. The lowest BCUT2D eigenvalue weighted by Gasteiger charge is -2.24. The minimum absolute atomic E-state index is 0.104. The van der Waals surface area contributed by atoms with Crippen LogP contribution in [0.3, 0.4) is 0 Å². The van der Waals surface area contributed by atoms with Crippen molar-refractivity contribution in [3.63, 3.8) is 0 Å². The van der Waals surface area contributed by atoms with Crippen LogP contribution >= 0.6 is 0 Å². The molecular formula is C25H31N3O6. The Morgan fingerprint density at radius 3 is 2.53 bits per heavy atom. The summed E-state index contributed by atoms with van der Waals surface area (Å²) in [7, 11) is 0. The van der Waals surface area contributed by atoms with Crippen LogP contribution in [-0.2, 0) is 16.0 Å². The van der Waals surface area contributed by atoms with Gasteiger partial charge in [0.05, 0.1) is 12.7 Å². The third-order valence-corrected chi connectivity index (χ3v) is 5.38. The number of benzene rings is 2. The summed E-state index contributed by atoms with van der Waals surface area (Å²) in [6.07, 6.45) is -0.552. The molecule has 0 unspecified atom stereocenters. The molecule has 0 aromatic heterocycles. The number of nitrogens with one attached hydrogen (secondary N) is 3.